The minimum absolute atomic E-state index is 0.672. The third-order valence-corrected chi connectivity index (χ3v) is 2.93. The highest BCUT2D eigenvalue weighted by atomic mass is 16.5. The molecule has 0 saturated carbocycles. The Balaban J connectivity index is 1.86. The van der Waals surface area contributed by atoms with Crippen LogP contribution in [0.4, 0.5) is 5.69 Å². The van der Waals surface area contributed by atoms with Crippen LogP contribution >= 0.6 is 0 Å². The molecule has 0 aliphatic rings. The van der Waals surface area contributed by atoms with Crippen molar-refractivity contribution in [3.05, 3.63) is 60.0 Å². The molecule has 1 heterocycles. The van der Waals surface area contributed by atoms with Crippen molar-refractivity contribution < 1.29 is 4.52 Å². The second kappa shape index (κ2) is 4.53. The maximum Gasteiger partial charge on any atom is 0.133 e. The van der Waals surface area contributed by atoms with Crippen molar-refractivity contribution >= 4 is 16.5 Å². The number of aromatic nitrogens is 1. The molecule has 0 radical (unpaired) electrons. The molecule has 18 heavy (non-hydrogen) atoms. The van der Waals surface area contributed by atoms with E-state index in [1.165, 1.54) is 10.8 Å². The lowest BCUT2D eigenvalue weighted by Crippen LogP contribution is -1.99. The number of anilines is 1. The van der Waals surface area contributed by atoms with E-state index in [1.54, 1.807) is 0 Å². The molecule has 1 aromatic heterocycles. The van der Waals surface area contributed by atoms with Crippen LogP contribution < -0.4 is 5.32 Å². The van der Waals surface area contributed by atoms with E-state index in [1.807, 2.05) is 25.1 Å². The summed E-state index contributed by atoms with van der Waals surface area (Å²) in [5.41, 5.74) is 2.04. The van der Waals surface area contributed by atoms with E-state index in [0.29, 0.717) is 6.54 Å². The lowest BCUT2D eigenvalue weighted by atomic mass is 10.1. The van der Waals surface area contributed by atoms with Gasteiger partial charge in [0.05, 0.1) is 6.54 Å². The molecule has 3 rings (SSSR count). The SMILES string of the molecule is Cc1cc(CNc2cccc3ccccc23)no1. The van der Waals surface area contributed by atoms with Gasteiger partial charge in [-0.15, -0.1) is 0 Å². The number of nitrogens with zero attached hydrogens (tertiary/aromatic N) is 1. The predicted molar refractivity (Wildman–Crippen MR) is 72.5 cm³/mol. The van der Waals surface area contributed by atoms with Crippen LogP contribution in [0.2, 0.25) is 0 Å². The van der Waals surface area contributed by atoms with Crippen molar-refractivity contribution in [2.45, 2.75) is 13.5 Å². The lowest BCUT2D eigenvalue weighted by molar-refractivity contribution is 0.391. The maximum absolute atomic E-state index is 5.05. The minimum atomic E-state index is 0.672. The highest BCUT2D eigenvalue weighted by molar-refractivity contribution is 5.93. The van der Waals surface area contributed by atoms with Crippen molar-refractivity contribution in [3.8, 4) is 0 Å². The molecule has 3 heteroatoms. The molecule has 0 aliphatic carbocycles. The number of hydrogen-bond acceptors (Lipinski definition) is 3. The summed E-state index contributed by atoms with van der Waals surface area (Å²) in [4.78, 5) is 0. The molecule has 0 saturated heterocycles. The van der Waals surface area contributed by atoms with Gasteiger partial charge in [0.2, 0.25) is 0 Å². The van der Waals surface area contributed by atoms with Crippen LogP contribution in [0.25, 0.3) is 10.8 Å². The van der Waals surface area contributed by atoms with Crippen molar-refractivity contribution in [1.29, 1.82) is 0 Å². The van der Waals surface area contributed by atoms with Crippen molar-refractivity contribution in [2.75, 3.05) is 5.32 Å². The van der Waals surface area contributed by atoms with E-state index in [2.05, 4.69) is 40.8 Å². The first kappa shape index (κ1) is 10.8. The summed E-state index contributed by atoms with van der Waals surface area (Å²) in [5, 5.41) is 9.83. The Hall–Kier alpha value is -2.29. The molecule has 0 fully saturated rings. The number of hydrogen-bond donors (Lipinski definition) is 1. The van der Waals surface area contributed by atoms with Gasteiger partial charge in [-0.25, -0.2) is 0 Å². The number of nitrogens with one attached hydrogen (secondary N) is 1. The Kier molecular flexibility index (Phi) is 2.73. The molecule has 90 valence electrons. The molecule has 2 aromatic carbocycles. The van der Waals surface area contributed by atoms with E-state index in [-0.39, 0.29) is 0 Å². The Morgan fingerprint density at radius 3 is 2.78 bits per heavy atom. The third-order valence-electron chi connectivity index (χ3n) is 2.93. The highest BCUT2D eigenvalue weighted by Crippen LogP contribution is 2.23. The fraction of sp³-hybridized carbons (Fsp3) is 0.133. The van der Waals surface area contributed by atoms with Gasteiger partial charge in [0.15, 0.2) is 0 Å². The third kappa shape index (κ3) is 2.07. The molecular formula is C15H14N2O. The van der Waals surface area contributed by atoms with Crippen molar-refractivity contribution in [2.24, 2.45) is 0 Å². The quantitative estimate of drug-likeness (QED) is 0.755. The zero-order valence-electron chi connectivity index (χ0n) is 10.2. The average Bonchev–Trinajstić information content (AvgIpc) is 2.82. The summed E-state index contributed by atoms with van der Waals surface area (Å²) in [7, 11) is 0. The Labute approximate surface area is 105 Å². The van der Waals surface area contributed by atoms with Crippen LogP contribution in [0, 0.1) is 6.92 Å². The number of rotatable bonds is 3. The van der Waals surface area contributed by atoms with E-state index < -0.39 is 0 Å². The zero-order chi connectivity index (χ0) is 12.4. The minimum Gasteiger partial charge on any atom is -0.379 e. The van der Waals surface area contributed by atoms with E-state index in [4.69, 9.17) is 4.52 Å². The van der Waals surface area contributed by atoms with Crippen LogP contribution in [0.15, 0.2) is 53.1 Å². The summed E-state index contributed by atoms with van der Waals surface area (Å²) in [6.07, 6.45) is 0. The number of benzene rings is 2. The lowest BCUT2D eigenvalue weighted by Gasteiger charge is -2.07. The first-order chi connectivity index (χ1) is 8.83. The second-order valence-electron chi connectivity index (χ2n) is 4.31. The Bertz CT molecular complexity index is 668. The summed E-state index contributed by atoms with van der Waals surface area (Å²) in [5.74, 6) is 0.838. The first-order valence-corrected chi connectivity index (χ1v) is 5.97. The zero-order valence-corrected chi connectivity index (χ0v) is 10.2. The number of aryl methyl sites for hydroxylation is 1. The van der Waals surface area contributed by atoms with Crippen LogP contribution in [-0.2, 0) is 6.54 Å². The van der Waals surface area contributed by atoms with Gasteiger partial charge in [0.25, 0.3) is 0 Å². The topological polar surface area (TPSA) is 38.1 Å². The van der Waals surface area contributed by atoms with Crippen molar-refractivity contribution in [3.63, 3.8) is 0 Å². The van der Waals surface area contributed by atoms with Crippen LogP contribution in [0.3, 0.4) is 0 Å². The largest absolute Gasteiger partial charge is 0.379 e. The molecular weight excluding hydrogens is 224 g/mol. The number of fused-ring (bicyclic) bond motifs is 1. The van der Waals surface area contributed by atoms with Gasteiger partial charge in [-0.3, -0.25) is 0 Å². The molecule has 3 nitrogen and oxygen atoms in total. The van der Waals surface area contributed by atoms with Gasteiger partial charge in [-0.2, -0.15) is 0 Å². The molecule has 0 atom stereocenters. The normalized spacial score (nSPS) is 10.7. The van der Waals surface area contributed by atoms with E-state index in [0.717, 1.165) is 17.1 Å². The summed E-state index contributed by atoms with van der Waals surface area (Å²) >= 11 is 0. The molecule has 0 bridgehead atoms. The average molecular weight is 238 g/mol. The van der Waals surface area contributed by atoms with Crippen LogP contribution in [0.1, 0.15) is 11.5 Å². The summed E-state index contributed by atoms with van der Waals surface area (Å²) in [6.45, 7) is 2.57. The fourth-order valence-corrected chi connectivity index (χ4v) is 2.07. The first-order valence-electron chi connectivity index (χ1n) is 5.97. The molecule has 0 aliphatic heterocycles. The van der Waals surface area contributed by atoms with E-state index >= 15 is 0 Å². The standard InChI is InChI=1S/C15H14N2O/c1-11-9-13(17-18-11)10-16-15-8-4-6-12-5-2-3-7-14(12)15/h2-9,16H,10H2,1H3. The highest BCUT2D eigenvalue weighted by Gasteiger charge is 2.02. The summed E-state index contributed by atoms with van der Waals surface area (Å²) < 4.78 is 5.05. The molecule has 3 aromatic rings. The van der Waals surface area contributed by atoms with Crippen LogP contribution in [-0.4, -0.2) is 5.16 Å². The van der Waals surface area contributed by atoms with E-state index in [9.17, 15) is 0 Å². The molecule has 0 amide bonds. The maximum atomic E-state index is 5.05. The molecule has 1 N–H and O–H groups in total. The molecule has 0 unspecified atom stereocenters. The fourth-order valence-electron chi connectivity index (χ4n) is 2.07. The van der Waals surface area contributed by atoms with Gasteiger partial charge in [0.1, 0.15) is 11.5 Å². The second-order valence-corrected chi connectivity index (χ2v) is 4.31. The van der Waals surface area contributed by atoms with Gasteiger partial charge in [-0.05, 0) is 18.4 Å². The smallest absolute Gasteiger partial charge is 0.133 e. The van der Waals surface area contributed by atoms with Gasteiger partial charge in [-0.1, -0.05) is 41.6 Å². The monoisotopic (exact) mass is 238 g/mol. The molecule has 0 spiro atoms. The van der Waals surface area contributed by atoms with Gasteiger partial charge < -0.3 is 9.84 Å². The van der Waals surface area contributed by atoms with Gasteiger partial charge >= 0.3 is 0 Å². The Morgan fingerprint density at radius 2 is 1.94 bits per heavy atom. The summed E-state index contributed by atoms with van der Waals surface area (Å²) in [6, 6.07) is 16.5. The predicted octanol–water partition coefficient (Wildman–Crippen LogP) is 3.75. The van der Waals surface area contributed by atoms with Gasteiger partial charge in [0, 0.05) is 17.1 Å². The van der Waals surface area contributed by atoms with Crippen molar-refractivity contribution in [1.82, 2.24) is 5.16 Å². The Morgan fingerprint density at radius 1 is 1.11 bits per heavy atom. The van der Waals surface area contributed by atoms with Crippen LogP contribution in [0.5, 0.6) is 0 Å².